The van der Waals surface area contributed by atoms with Gasteiger partial charge in [0, 0.05) is 31.9 Å². The molecule has 124 valence electrons. The monoisotopic (exact) mass is 428 g/mol. The molecule has 1 saturated carbocycles. The van der Waals surface area contributed by atoms with Gasteiger partial charge in [-0.25, -0.2) is 4.99 Å². The molecule has 1 amide bonds. The zero-order chi connectivity index (χ0) is 15.0. The Morgan fingerprint density at radius 2 is 2.00 bits per heavy atom. The van der Waals surface area contributed by atoms with Crippen molar-refractivity contribution in [1.29, 1.82) is 0 Å². The highest BCUT2D eigenvalue weighted by Gasteiger charge is 2.16. The van der Waals surface area contributed by atoms with E-state index in [1.165, 1.54) is 25.7 Å². The van der Waals surface area contributed by atoms with Gasteiger partial charge in [-0.05, 0) is 19.1 Å². The molecule has 1 aliphatic rings. The SMILES string of the molecule is CSC(C)CNC(=NCC(=O)N(C)C)NC1CCCC1.I. The van der Waals surface area contributed by atoms with Gasteiger partial charge < -0.3 is 15.5 Å². The fourth-order valence-corrected chi connectivity index (χ4v) is 2.28. The molecule has 7 heteroatoms. The van der Waals surface area contributed by atoms with Gasteiger partial charge in [0.25, 0.3) is 0 Å². The third kappa shape index (κ3) is 8.75. The van der Waals surface area contributed by atoms with Crippen molar-refractivity contribution in [1.82, 2.24) is 15.5 Å². The third-order valence-electron chi connectivity index (χ3n) is 3.53. The second-order valence-corrected chi connectivity index (χ2v) is 6.78. The minimum Gasteiger partial charge on any atom is -0.355 e. The second kappa shape index (κ2) is 11.4. The third-order valence-corrected chi connectivity index (χ3v) is 4.50. The van der Waals surface area contributed by atoms with Gasteiger partial charge in [-0.2, -0.15) is 11.8 Å². The highest BCUT2D eigenvalue weighted by atomic mass is 127. The number of guanidine groups is 1. The van der Waals surface area contributed by atoms with Gasteiger partial charge in [0.15, 0.2) is 5.96 Å². The molecule has 1 unspecified atom stereocenters. The summed E-state index contributed by atoms with van der Waals surface area (Å²) in [6, 6.07) is 0.500. The second-order valence-electron chi connectivity index (χ2n) is 5.51. The standard InChI is InChI=1S/C14H28N4OS.HI/c1-11(20-4)9-15-14(16-10-13(19)18(2)3)17-12-7-5-6-8-12;/h11-12H,5-10H2,1-4H3,(H2,15,16,17);1H. The molecule has 1 fully saturated rings. The topological polar surface area (TPSA) is 56.7 Å². The van der Waals surface area contributed by atoms with Crippen molar-refractivity contribution in [3.05, 3.63) is 0 Å². The van der Waals surface area contributed by atoms with Crippen LogP contribution in [-0.4, -0.2) is 61.5 Å². The van der Waals surface area contributed by atoms with E-state index in [0.717, 1.165) is 12.5 Å². The Hall–Kier alpha value is -0.180. The van der Waals surface area contributed by atoms with E-state index in [1.807, 2.05) is 11.8 Å². The van der Waals surface area contributed by atoms with E-state index in [9.17, 15) is 4.79 Å². The van der Waals surface area contributed by atoms with E-state index in [-0.39, 0.29) is 36.4 Å². The van der Waals surface area contributed by atoms with E-state index in [4.69, 9.17) is 0 Å². The van der Waals surface area contributed by atoms with Crippen LogP contribution in [0, 0.1) is 0 Å². The summed E-state index contributed by atoms with van der Waals surface area (Å²) in [4.78, 5) is 17.6. The highest BCUT2D eigenvalue weighted by molar-refractivity contribution is 14.0. The number of likely N-dealkylation sites (N-methyl/N-ethyl adjacent to an activating group) is 1. The molecule has 1 rings (SSSR count). The summed E-state index contributed by atoms with van der Waals surface area (Å²) in [6.45, 7) is 3.23. The van der Waals surface area contributed by atoms with Crippen molar-refractivity contribution in [2.24, 2.45) is 4.99 Å². The molecule has 1 atom stereocenters. The summed E-state index contributed by atoms with van der Waals surface area (Å²) in [6.07, 6.45) is 7.05. The number of nitrogens with zero attached hydrogens (tertiary/aromatic N) is 2. The van der Waals surface area contributed by atoms with Crippen LogP contribution >= 0.6 is 35.7 Å². The van der Waals surface area contributed by atoms with Crippen molar-refractivity contribution in [2.75, 3.05) is 33.4 Å². The quantitative estimate of drug-likeness (QED) is 0.386. The molecule has 1 aliphatic carbocycles. The maximum Gasteiger partial charge on any atom is 0.243 e. The molecular formula is C14H29IN4OS. The van der Waals surface area contributed by atoms with Crippen LogP contribution < -0.4 is 10.6 Å². The van der Waals surface area contributed by atoms with Crippen molar-refractivity contribution < 1.29 is 4.79 Å². The Bertz CT molecular complexity index is 333. The van der Waals surface area contributed by atoms with Crippen LogP contribution in [0.15, 0.2) is 4.99 Å². The first-order valence-corrected chi connectivity index (χ1v) is 8.59. The molecule has 0 spiro atoms. The average Bonchev–Trinajstić information content (AvgIpc) is 2.93. The number of hydrogen-bond acceptors (Lipinski definition) is 3. The highest BCUT2D eigenvalue weighted by Crippen LogP contribution is 2.17. The summed E-state index contributed by atoms with van der Waals surface area (Å²) >= 11 is 1.82. The van der Waals surface area contributed by atoms with E-state index in [1.54, 1.807) is 19.0 Å². The van der Waals surface area contributed by atoms with Crippen molar-refractivity contribution in [2.45, 2.75) is 43.9 Å². The molecule has 0 saturated heterocycles. The average molecular weight is 428 g/mol. The smallest absolute Gasteiger partial charge is 0.243 e. The number of halogens is 1. The molecule has 0 aromatic rings. The minimum absolute atomic E-state index is 0. The molecule has 0 bridgehead atoms. The molecule has 0 radical (unpaired) electrons. The molecule has 5 nitrogen and oxygen atoms in total. The Morgan fingerprint density at radius 1 is 1.38 bits per heavy atom. The zero-order valence-corrected chi connectivity index (χ0v) is 16.7. The molecule has 0 aromatic carbocycles. The lowest BCUT2D eigenvalue weighted by Gasteiger charge is -2.19. The minimum atomic E-state index is 0. The van der Waals surface area contributed by atoms with Gasteiger partial charge in [-0.1, -0.05) is 19.8 Å². The van der Waals surface area contributed by atoms with Crippen molar-refractivity contribution >= 4 is 47.6 Å². The first kappa shape index (κ1) is 20.8. The van der Waals surface area contributed by atoms with Gasteiger partial charge in [-0.15, -0.1) is 24.0 Å². The molecule has 0 aromatic heterocycles. The van der Waals surface area contributed by atoms with Gasteiger partial charge in [-0.3, -0.25) is 4.79 Å². The Kier molecular flexibility index (Phi) is 11.3. The first-order valence-electron chi connectivity index (χ1n) is 7.30. The van der Waals surface area contributed by atoms with E-state index < -0.39 is 0 Å². The van der Waals surface area contributed by atoms with E-state index in [0.29, 0.717) is 11.3 Å². The summed E-state index contributed by atoms with van der Waals surface area (Å²) in [5.41, 5.74) is 0. The van der Waals surface area contributed by atoms with Crippen LogP contribution in [0.1, 0.15) is 32.6 Å². The predicted octanol–water partition coefficient (Wildman–Crippen LogP) is 1.92. The van der Waals surface area contributed by atoms with E-state index in [2.05, 4.69) is 28.8 Å². The number of rotatable bonds is 6. The number of aliphatic imine (C=N–C) groups is 1. The Balaban J connectivity index is 0.00000400. The fraction of sp³-hybridized carbons (Fsp3) is 0.857. The summed E-state index contributed by atoms with van der Waals surface area (Å²) in [7, 11) is 3.51. The number of carbonyl (C=O) groups excluding carboxylic acids is 1. The number of nitrogens with one attached hydrogen (secondary N) is 2. The zero-order valence-electron chi connectivity index (χ0n) is 13.5. The maximum absolute atomic E-state index is 11.6. The largest absolute Gasteiger partial charge is 0.355 e. The van der Waals surface area contributed by atoms with Gasteiger partial charge >= 0.3 is 0 Å². The van der Waals surface area contributed by atoms with Gasteiger partial charge in [0.05, 0.1) is 0 Å². The lowest BCUT2D eigenvalue weighted by molar-refractivity contribution is -0.127. The van der Waals surface area contributed by atoms with Gasteiger partial charge in [0.2, 0.25) is 5.91 Å². The van der Waals surface area contributed by atoms with Crippen molar-refractivity contribution in [3.8, 4) is 0 Å². The maximum atomic E-state index is 11.6. The van der Waals surface area contributed by atoms with Gasteiger partial charge in [0.1, 0.15) is 6.54 Å². The number of amides is 1. The van der Waals surface area contributed by atoms with Crippen molar-refractivity contribution in [3.63, 3.8) is 0 Å². The summed E-state index contributed by atoms with van der Waals surface area (Å²) in [5, 5.41) is 7.31. The predicted molar refractivity (Wildman–Crippen MR) is 103 cm³/mol. The van der Waals surface area contributed by atoms with Crippen LogP contribution in [0.25, 0.3) is 0 Å². The van der Waals surface area contributed by atoms with Crippen LogP contribution in [0.4, 0.5) is 0 Å². The normalized spacial score (nSPS) is 17.0. The summed E-state index contributed by atoms with van der Waals surface area (Å²) < 4.78 is 0. The Labute approximate surface area is 150 Å². The fourth-order valence-electron chi connectivity index (χ4n) is 2.03. The Morgan fingerprint density at radius 3 is 2.52 bits per heavy atom. The summed E-state index contributed by atoms with van der Waals surface area (Å²) in [5.74, 6) is 0.795. The number of thioether (sulfide) groups is 1. The molecule has 21 heavy (non-hydrogen) atoms. The van der Waals surface area contributed by atoms with Crippen LogP contribution in [0.2, 0.25) is 0 Å². The molecule has 0 heterocycles. The molecule has 0 aliphatic heterocycles. The van der Waals surface area contributed by atoms with Crippen LogP contribution in [0.3, 0.4) is 0 Å². The van der Waals surface area contributed by atoms with E-state index >= 15 is 0 Å². The van der Waals surface area contributed by atoms with Crippen LogP contribution in [0.5, 0.6) is 0 Å². The lowest BCUT2D eigenvalue weighted by atomic mass is 10.2. The van der Waals surface area contributed by atoms with Crippen LogP contribution in [-0.2, 0) is 4.79 Å². The number of hydrogen-bond donors (Lipinski definition) is 2. The number of carbonyl (C=O) groups is 1. The molecule has 2 N–H and O–H groups in total. The molecular weight excluding hydrogens is 399 g/mol. The first-order chi connectivity index (χ1) is 9.52. The lowest BCUT2D eigenvalue weighted by Crippen LogP contribution is -2.44.